The fourth-order valence-electron chi connectivity index (χ4n) is 2.56. The molecule has 0 saturated heterocycles. The highest BCUT2D eigenvalue weighted by atomic mass is 16.2. The van der Waals surface area contributed by atoms with Gasteiger partial charge in [0.15, 0.2) is 0 Å². The fraction of sp³-hybridized carbons (Fsp3) is 0.158. The Bertz CT molecular complexity index is 1010. The summed E-state index contributed by atoms with van der Waals surface area (Å²) in [6.07, 6.45) is 0.501. The Balaban J connectivity index is 1.62. The summed E-state index contributed by atoms with van der Waals surface area (Å²) in [6, 6.07) is 13.7. The lowest BCUT2D eigenvalue weighted by Crippen LogP contribution is -2.18. The van der Waals surface area contributed by atoms with Gasteiger partial charge in [0, 0.05) is 31.1 Å². The van der Waals surface area contributed by atoms with Crippen LogP contribution in [-0.2, 0) is 11.2 Å². The smallest absolute Gasteiger partial charge is 0.258 e. The number of benzene rings is 2. The number of hydrogen-bond donors (Lipinski definition) is 3. The number of aryl methyl sites for hydroxylation is 1. The molecule has 7 nitrogen and oxygen atoms in total. The Kier molecular flexibility index (Phi) is 5.07. The number of amides is 2. The molecule has 26 heavy (non-hydrogen) atoms. The summed E-state index contributed by atoms with van der Waals surface area (Å²) >= 11 is 0. The Morgan fingerprint density at radius 2 is 1.81 bits per heavy atom. The molecule has 0 radical (unpaired) electrons. The number of carbonyl (C=O) groups is 2. The third kappa shape index (κ3) is 3.94. The Morgan fingerprint density at radius 3 is 2.54 bits per heavy atom. The number of carbonyl (C=O) groups excluding carboxylic acids is 2. The maximum atomic E-state index is 12.1. The number of rotatable bonds is 5. The van der Waals surface area contributed by atoms with Crippen LogP contribution in [0.5, 0.6) is 0 Å². The zero-order valence-electron chi connectivity index (χ0n) is 14.2. The number of aromatic amines is 1. The molecule has 2 amide bonds. The van der Waals surface area contributed by atoms with Gasteiger partial charge in [-0.1, -0.05) is 12.1 Å². The van der Waals surface area contributed by atoms with Crippen LogP contribution in [0.1, 0.15) is 22.6 Å². The molecule has 1 aromatic heterocycles. The predicted octanol–water partition coefficient (Wildman–Crippen LogP) is 1.85. The molecule has 0 aliphatic heterocycles. The molecule has 0 fully saturated rings. The van der Waals surface area contributed by atoms with Gasteiger partial charge in [-0.05, 0) is 36.4 Å². The van der Waals surface area contributed by atoms with Gasteiger partial charge in [0.2, 0.25) is 5.91 Å². The molecule has 2 aromatic carbocycles. The van der Waals surface area contributed by atoms with Gasteiger partial charge < -0.3 is 15.6 Å². The summed E-state index contributed by atoms with van der Waals surface area (Å²) in [5, 5.41) is 5.82. The lowest BCUT2D eigenvalue weighted by Gasteiger charge is -2.07. The lowest BCUT2D eigenvalue weighted by molar-refractivity contribution is -0.116. The van der Waals surface area contributed by atoms with E-state index in [4.69, 9.17) is 0 Å². The van der Waals surface area contributed by atoms with Gasteiger partial charge in [-0.2, -0.15) is 0 Å². The first-order valence-electron chi connectivity index (χ1n) is 8.17. The van der Waals surface area contributed by atoms with Crippen molar-refractivity contribution in [1.29, 1.82) is 0 Å². The monoisotopic (exact) mass is 350 g/mol. The van der Waals surface area contributed by atoms with Crippen LogP contribution in [0.25, 0.3) is 10.9 Å². The molecule has 0 saturated carbocycles. The number of para-hydroxylation sites is 1. The number of H-pyrrole nitrogens is 1. The van der Waals surface area contributed by atoms with E-state index in [1.165, 1.54) is 0 Å². The van der Waals surface area contributed by atoms with Crippen molar-refractivity contribution in [2.45, 2.75) is 12.8 Å². The van der Waals surface area contributed by atoms with E-state index >= 15 is 0 Å². The molecule has 0 unspecified atom stereocenters. The van der Waals surface area contributed by atoms with Crippen molar-refractivity contribution >= 4 is 28.4 Å². The summed E-state index contributed by atoms with van der Waals surface area (Å²) in [5.41, 5.74) is 1.51. The SMILES string of the molecule is CNC(=O)c1ccc(NC(=O)CCc2nc3ccccc3c(=O)[nH]2)cc1. The van der Waals surface area contributed by atoms with Crippen molar-refractivity contribution in [1.82, 2.24) is 15.3 Å². The minimum atomic E-state index is -0.212. The van der Waals surface area contributed by atoms with Gasteiger partial charge in [-0.3, -0.25) is 14.4 Å². The average Bonchev–Trinajstić information content (AvgIpc) is 2.66. The van der Waals surface area contributed by atoms with Gasteiger partial charge in [0.25, 0.3) is 11.5 Å². The van der Waals surface area contributed by atoms with Crippen molar-refractivity contribution in [3.8, 4) is 0 Å². The maximum absolute atomic E-state index is 12.1. The van der Waals surface area contributed by atoms with Gasteiger partial charge >= 0.3 is 0 Å². The Morgan fingerprint density at radius 1 is 1.08 bits per heavy atom. The molecule has 132 valence electrons. The first-order chi connectivity index (χ1) is 12.6. The zero-order valence-corrected chi connectivity index (χ0v) is 14.2. The summed E-state index contributed by atoms with van der Waals surface area (Å²) < 4.78 is 0. The molecule has 3 rings (SSSR count). The van der Waals surface area contributed by atoms with E-state index in [1.54, 1.807) is 49.5 Å². The van der Waals surface area contributed by atoms with Crippen molar-refractivity contribution in [3.05, 3.63) is 70.3 Å². The van der Waals surface area contributed by atoms with Crippen LogP contribution in [0, 0.1) is 0 Å². The van der Waals surface area contributed by atoms with E-state index in [0.717, 1.165) is 0 Å². The quantitative estimate of drug-likeness (QED) is 0.653. The zero-order chi connectivity index (χ0) is 18.5. The van der Waals surface area contributed by atoms with Gasteiger partial charge in [-0.15, -0.1) is 0 Å². The van der Waals surface area contributed by atoms with Crippen molar-refractivity contribution in [2.75, 3.05) is 12.4 Å². The minimum absolute atomic E-state index is 0.179. The van der Waals surface area contributed by atoms with E-state index in [1.807, 2.05) is 6.07 Å². The van der Waals surface area contributed by atoms with E-state index in [0.29, 0.717) is 34.4 Å². The third-order valence-electron chi connectivity index (χ3n) is 3.91. The molecule has 7 heteroatoms. The average molecular weight is 350 g/mol. The number of hydrogen-bond acceptors (Lipinski definition) is 4. The summed E-state index contributed by atoms with van der Waals surface area (Å²) in [6.45, 7) is 0. The highest BCUT2D eigenvalue weighted by Crippen LogP contribution is 2.11. The molecule has 1 heterocycles. The standard InChI is InChI=1S/C19H18N4O3/c1-20-18(25)12-6-8-13(9-7-12)21-17(24)11-10-16-22-15-5-3-2-4-14(15)19(26)23-16/h2-9H,10-11H2,1H3,(H,20,25)(H,21,24)(H,22,23,26). The van der Waals surface area contributed by atoms with Crippen LogP contribution in [0.3, 0.4) is 0 Å². The van der Waals surface area contributed by atoms with Gasteiger partial charge in [0.1, 0.15) is 5.82 Å². The topological polar surface area (TPSA) is 104 Å². The van der Waals surface area contributed by atoms with Crippen LogP contribution in [0.2, 0.25) is 0 Å². The molecule has 0 spiro atoms. The maximum Gasteiger partial charge on any atom is 0.258 e. The highest BCUT2D eigenvalue weighted by molar-refractivity contribution is 5.95. The fourth-order valence-corrected chi connectivity index (χ4v) is 2.56. The second kappa shape index (κ2) is 7.60. The first-order valence-corrected chi connectivity index (χ1v) is 8.17. The number of aromatic nitrogens is 2. The van der Waals surface area contributed by atoms with Crippen LogP contribution >= 0.6 is 0 Å². The first kappa shape index (κ1) is 17.3. The number of anilines is 1. The number of nitrogens with one attached hydrogen (secondary N) is 3. The molecule has 3 N–H and O–H groups in total. The van der Waals surface area contributed by atoms with E-state index in [-0.39, 0.29) is 23.8 Å². The van der Waals surface area contributed by atoms with Crippen molar-refractivity contribution in [3.63, 3.8) is 0 Å². The molecule has 0 bridgehead atoms. The second-order valence-corrected chi connectivity index (χ2v) is 5.73. The van der Waals surface area contributed by atoms with E-state index in [9.17, 15) is 14.4 Å². The minimum Gasteiger partial charge on any atom is -0.355 e. The normalized spacial score (nSPS) is 10.5. The van der Waals surface area contributed by atoms with E-state index in [2.05, 4.69) is 20.6 Å². The molecule has 0 atom stereocenters. The second-order valence-electron chi connectivity index (χ2n) is 5.73. The number of fused-ring (bicyclic) bond motifs is 1. The van der Waals surface area contributed by atoms with Crippen molar-refractivity contribution < 1.29 is 9.59 Å². The predicted molar refractivity (Wildman–Crippen MR) is 99.1 cm³/mol. The summed E-state index contributed by atoms with van der Waals surface area (Å²) in [5.74, 6) is 0.0847. The summed E-state index contributed by atoms with van der Waals surface area (Å²) in [7, 11) is 1.56. The summed E-state index contributed by atoms with van der Waals surface area (Å²) in [4.78, 5) is 42.7. The van der Waals surface area contributed by atoms with Gasteiger partial charge in [-0.25, -0.2) is 4.98 Å². The van der Waals surface area contributed by atoms with Gasteiger partial charge in [0.05, 0.1) is 10.9 Å². The Hall–Kier alpha value is -3.48. The van der Waals surface area contributed by atoms with Crippen LogP contribution in [0.15, 0.2) is 53.3 Å². The molecular weight excluding hydrogens is 332 g/mol. The molecule has 0 aliphatic rings. The van der Waals surface area contributed by atoms with Crippen LogP contribution in [0.4, 0.5) is 5.69 Å². The molecule has 3 aromatic rings. The Labute approximate surface area is 149 Å². The van der Waals surface area contributed by atoms with Crippen LogP contribution < -0.4 is 16.2 Å². The molecule has 0 aliphatic carbocycles. The molecular formula is C19H18N4O3. The largest absolute Gasteiger partial charge is 0.355 e. The van der Waals surface area contributed by atoms with E-state index < -0.39 is 0 Å². The number of nitrogens with zero attached hydrogens (tertiary/aromatic N) is 1. The van der Waals surface area contributed by atoms with Crippen LogP contribution in [-0.4, -0.2) is 28.8 Å². The third-order valence-corrected chi connectivity index (χ3v) is 3.91. The lowest BCUT2D eigenvalue weighted by atomic mass is 10.2. The van der Waals surface area contributed by atoms with Crippen molar-refractivity contribution in [2.24, 2.45) is 0 Å². The highest BCUT2D eigenvalue weighted by Gasteiger charge is 2.08.